The summed E-state index contributed by atoms with van der Waals surface area (Å²) < 4.78 is 0.855. The van der Waals surface area contributed by atoms with Crippen molar-refractivity contribution in [2.75, 3.05) is 0 Å². The third-order valence-corrected chi connectivity index (χ3v) is 2.62. The Kier molecular flexibility index (Phi) is 3.96. The van der Waals surface area contributed by atoms with Gasteiger partial charge in [-0.15, -0.1) is 0 Å². The van der Waals surface area contributed by atoms with E-state index in [4.69, 9.17) is 17.3 Å². The van der Waals surface area contributed by atoms with Gasteiger partial charge in [-0.05, 0) is 34.1 Å². The Morgan fingerprint density at radius 3 is 2.64 bits per heavy atom. The Morgan fingerprint density at radius 2 is 2.14 bits per heavy atom. The summed E-state index contributed by atoms with van der Waals surface area (Å²) in [6, 6.07) is 5.43. The van der Waals surface area contributed by atoms with Gasteiger partial charge in [0.15, 0.2) is 0 Å². The summed E-state index contributed by atoms with van der Waals surface area (Å²) in [5, 5.41) is 0.680. The molecule has 0 atom stereocenters. The molecule has 1 aromatic rings. The highest BCUT2D eigenvalue weighted by molar-refractivity contribution is 9.10. The van der Waals surface area contributed by atoms with E-state index in [1.54, 1.807) is 12.1 Å². The lowest BCUT2D eigenvalue weighted by Gasteiger charge is -2.05. The van der Waals surface area contributed by atoms with E-state index >= 15 is 0 Å². The summed E-state index contributed by atoms with van der Waals surface area (Å²) >= 11 is 9.18. The second-order valence-corrected chi connectivity index (χ2v) is 4.58. The van der Waals surface area contributed by atoms with Crippen molar-refractivity contribution in [2.45, 2.75) is 13.8 Å². The molecule has 0 amide bonds. The summed E-state index contributed by atoms with van der Waals surface area (Å²) in [6.45, 7) is 4.01. The minimum atomic E-state index is 0.248. The maximum atomic E-state index is 5.81. The van der Waals surface area contributed by atoms with Crippen molar-refractivity contribution in [1.29, 1.82) is 0 Å². The van der Waals surface area contributed by atoms with Gasteiger partial charge in [0.25, 0.3) is 0 Å². The second-order valence-electron chi connectivity index (χ2n) is 3.29. The Hall–Kier alpha value is -0.540. The largest absolute Gasteiger partial charge is 0.387 e. The van der Waals surface area contributed by atoms with Crippen molar-refractivity contribution in [3.8, 4) is 0 Å². The molecule has 0 aromatic heterocycles. The van der Waals surface area contributed by atoms with Crippen LogP contribution in [0.1, 0.15) is 13.8 Å². The highest BCUT2D eigenvalue weighted by Crippen LogP contribution is 2.28. The molecule has 0 aliphatic carbocycles. The number of hydrogen-bond donors (Lipinski definition) is 1. The molecule has 0 saturated carbocycles. The van der Waals surface area contributed by atoms with Gasteiger partial charge in [-0.1, -0.05) is 25.4 Å². The Morgan fingerprint density at radius 1 is 1.50 bits per heavy atom. The number of rotatable bonds is 2. The zero-order valence-corrected chi connectivity index (χ0v) is 10.4. The summed E-state index contributed by atoms with van der Waals surface area (Å²) in [5.41, 5.74) is 6.56. The Labute approximate surface area is 97.3 Å². The van der Waals surface area contributed by atoms with E-state index in [2.05, 4.69) is 20.9 Å². The summed E-state index contributed by atoms with van der Waals surface area (Å²) in [7, 11) is 0. The van der Waals surface area contributed by atoms with E-state index in [-0.39, 0.29) is 5.92 Å². The number of halogens is 2. The first-order valence-corrected chi connectivity index (χ1v) is 5.47. The number of aliphatic imine (C=N–C) groups is 1. The van der Waals surface area contributed by atoms with Gasteiger partial charge in [-0.2, -0.15) is 0 Å². The molecular weight excluding hydrogens is 263 g/mol. The van der Waals surface area contributed by atoms with Gasteiger partial charge in [0.1, 0.15) is 5.84 Å². The predicted molar refractivity (Wildman–Crippen MR) is 65.3 cm³/mol. The lowest BCUT2D eigenvalue weighted by molar-refractivity contribution is 0.873. The first-order chi connectivity index (χ1) is 6.50. The molecule has 14 heavy (non-hydrogen) atoms. The third-order valence-electron chi connectivity index (χ3n) is 1.75. The molecule has 2 nitrogen and oxygen atoms in total. The van der Waals surface area contributed by atoms with Gasteiger partial charge in [0.05, 0.1) is 5.69 Å². The normalized spacial score (nSPS) is 12.2. The van der Waals surface area contributed by atoms with E-state index in [9.17, 15) is 0 Å². The quantitative estimate of drug-likeness (QED) is 0.648. The summed E-state index contributed by atoms with van der Waals surface area (Å²) in [5.74, 6) is 0.866. The molecule has 0 fully saturated rings. The molecule has 0 spiro atoms. The van der Waals surface area contributed by atoms with Crippen LogP contribution in [0.5, 0.6) is 0 Å². The predicted octanol–water partition coefficient (Wildman–Crippen LogP) is 3.75. The van der Waals surface area contributed by atoms with Crippen LogP contribution in [0.2, 0.25) is 5.02 Å². The van der Waals surface area contributed by atoms with Crippen molar-refractivity contribution in [2.24, 2.45) is 16.6 Å². The van der Waals surface area contributed by atoms with Gasteiger partial charge in [-0.3, -0.25) is 0 Å². The first-order valence-electron chi connectivity index (χ1n) is 4.30. The van der Waals surface area contributed by atoms with Gasteiger partial charge in [0.2, 0.25) is 0 Å². The number of amidine groups is 1. The number of nitrogens with two attached hydrogens (primary N) is 1. The maximum Gasteiger partial charge on any atom is 0.102 e. The fourth-order valence-electron chi connectivity index (χ4n) is 0.840. The average molecular weight is 276 g/mol. The Bertz CT molecular complexity index is 361. The highest BCUT2D eigenvalue weighted by atomic mass is 79.9. The molecular formula is C10H12BrClN2. The first kappa shape index (κ1) is 11.5. The van der Waals surface area contributed by atoms with Crippen LogP contribution < -0.4 is 5.73 Å². The van der Waals surface area contributed by atoms with Crippen molar-refractivity contribution >= 4 is 39.1 Å². The van der Waals surface area contributed by atoms with Crippen molar-refractivity contribution in [1.82, 2.24) is 0 Å². The molecule has 1 rings (SSSR count). The van der Waals surface area contributed by atoms with Crippen LogP contribution >= 0.6 is 27.5 Å². The van der Waals surface area contributed by atoms with Crippen LogP contribution in [-0.4, -0.2) is 5.84 Å². The van der Waals surface area contributed by atoms with E-state index in [0.717, 1.165) is 10.2 Å². The second kappa shape index (κ2) is 4.80. The number of benzene rings is 1. The summed E-state index contributed by atoms with van der Waals surface area (Å²) in [6.07, 6.45) is 0. The van der Waals surface area contributed by atoms with Crippen LogP contribution in [-0.2, 0) is 0 Å². The minimum Gasteiger partial charge on any atom is -0.387 e. The Balaban J connectivity index is 3.03. The van der Waals surface area contributed by atoms with Crippen molar-refractivity contribution in [3.05, 3.63) is 27.7 Å². The van der Waals surface area contributed by atoms with Crippen LogP contribution in [0.25, 0.3) is 0 Å². The van der Waals surface area contributed by atoms with Gasteiger partial charge < -0.3 is 5.73 Å². The zero-order chi connectivity index (χ0) is 10.7. The molecule has 2 N–H and O–H groups in total. The van der Waals surface area contributed by atoms with E-state index in [1.165, 1.54) is 0 Å². The van der Waals surface area contributed by atoms with E-state index in [0.29, 0.717) is 10.9 Å². The monoisotopic (exact) mass is 274 g/mol. The van der Waals surface area contributed by atoms with Crippen LogP contribution in [0.15, 0.2) is 27.7 Å². The standard InChI is InChI=1S/C10H12BrClN2/c1-6(2)10(13)14-9-4-3-7(12)5-8(9)11/h3-6H,1-2H3,(H2,13,14). The fraction of sp³-hybridized carbons (Fsp3) is 0.300. The topological polar surface area (TPSA) is 38.4 Å². The number of nitrogens with zero attached hydrogens (tertiary/aromatic N) is 1. The lowest BCUT2D eigenvalue weighted by atomic mass is 10.2. The molecule has 76 valence electrons. The molecule has 4 heteroatoms. The van der Waals surface area contributed by atoms with E-state index < -0.39 is 0 Å². The van der Waals surface area contributed by atoms with Crippen molar-refractivity contribution in [3.63, 3.8) is 0 Å². The van der Waals surface area contributed by atoms with Gasteiger partial charge in [-0.25, -0.2) is 4.99 Å². The van der Waals surface area contributed by atoms with Crippen LogP contribution in [0, 0.1) is 5.92 Å². The molecule has 0 saturated heterocycles. The summed E-state index contributed by atoms with van der Waals surface area (Å²) in [4.78, 5) is 4.29. The molecule has 1 aromatic carbocycles. The average Bonchev–Trinajstić information content (AvgIpc) is 2.09. The van der Waals surface area contributed by atoms with Crippen LogP contribution in [0.3, 0.4) is 0 Å². The van der Waals surface area contributed by atoms with Crippen molar-refractivity contribution < 1.29 is 0 Å². The number of hydrogen-bond acceptors (Lipinski definition) is 1. The molecule has 0 bridgehead atoms. The molecule has 0 radical (unpaired) electrons. The third kappa shape index (κ3) is 3.00. The smallest absolute Gasteiger partial charge is 0.102 e. The van der Waals surface area contributed by atoms with E-state index in [1.807, 2.05) is 19.9 Å². The van der Waals surface area contributed by atoms with Gasteiger partial charge >= 0.3 is 0 Å². The lowest BCUT2D eigenvalue weighted by Crippen LogP contribution is -2.18. The van der Waals surface area contributed by atoms with Gasteiger partial charge in [0, 0.05) is 15.4 Å². The highest BCUT2D eigenvalue weighted by Gasteiger charge is 2.02. The molecule has 0 aliphatic rings. The zero-order valence-electron chi connectivity index (χ0n) is 8.09. The van der Waals surface area contributed by atoms with Crippen LogP contribution in [0.4, 0.5) is 5.69 Å². The maximum absolute atomic E-state index is 5.81. The minimum absolute atomic E-state index is 0.248. The molecule has 0 aliphatic heterocycles. The molecule has 0 heterocycles. The molecule has 0 unspecified atom stereocenters. The SMILES string of the molecule is CC(C)C(N)=Nc1ccc(Cl)cc1Br. The fourth-order valence-corrected chi connectivity index (χ4v) is 1.61.